The van der Waals surface area contributed by atoms with Gasteiger partial charge in [0.15, 0.2) is 5.13 Å². The summed E-state index contributed by atoms with van der Waals surface area (Å²) < 4.78 is 0. The lowest BCUT2D eigenvalue weighted by Crippen LogP contribution is -2.29. The number of aliphatic hydroxyl groups is 1. The van der Waals surface area contributed by atoms with E-state index in [1.54, 1.807) is 7.05 Å². The van der Waals surface area contributed by atoms with E-state index in [-0.39, 0.29) is 12.5 Å². The number of nitrogens with one attached hydrogen (secondary N) is 1. The smallest absolute Gasteiger partial charge is 0.273 e. The number of amides is 1. The largest absolute Gasteiger partial charge is 0.392 e. The van der Waals surface area contributed by atoms with Crippen molar-refractivity contribution in [2.24, 2.45) is 5.92 Å². The minimum Gasteiger partial charge on any atom is -0.392 e. The van der Waals surface area contributed by atoms with Crippen LogP contribution in [-0.4, -0.2) is 41.0 Å². The van der Waals surface area contributed by atoms with Crippen LogP contribution in [0.1, 0.15) is 28.0 Å². The first kappa shape index (κ1) is 16.0. The van der Waals surface area contributed by atoms with Gasteiger partial charge in [-0.15, -0.1) is 11.3 Å². The van der Waals surface area contributed by atoms with E-state index < -0.39 is 0 Å². The van der Waals surface area contributed by atoms with Gasteiger partial charge in [0.1, 0.15) is 5.69 Å². The lowest BCUT2D eigenvalue weighted by atomic mass is 9.97. The van der Waals surface area contributed by atoms with Gasteiger partial charge in [0.05, 0.1) is 6.61 Å². The highest BCUT2D eigenvalue weighted by molar-refractivity contribution is 7.13. The van der Waals surface area contributed by atoms with Crippen LogP contribution in [0.25, 0.3) is 0 Å². The van der Waals surface area contributed by atoms with E-state index >= 15 is 0 Å². The molecular weight excluding hydrogens is 310 g/mol. The molecule has 1 atom stereocenters. The molecule has 1 unspecified atom stereocenters. The molecule has 2 N–H and O–H groups in total. The quantitative estimate of drug-likeness (QED) is 0.883. The van der Waals surface area contributed by atoms with E-state index in [0.717, 1.165) is 36.6 Å². The Morgan fingerprint density at radius 3 is 3.04 bits per heavy atom. The zero-order valence-electron chi connectivity index (χ0n) is 13.2. The van der Waals surface area contributed by atoms with Gasteiger partial charge in [0, 0.05) is 25.5 Å². The molecule has 1 aliphatic rings. The second kappa shape index (κ2) is 7.10. The molecule has 6 heteroatoms. The van der Waals surface area contributed by atoms with Gasteiger partial charge in [-0.05, 0) is 29.9 Å². The number of hydrogen-bond donors (Lipinski definition) is 2. The number of carbonyl (C=O) groups is 1. The van der Waals surface area contributed by atoms with Gasteiger partial charge in [0.25, 0.3) is 5.91 Å². The van der Waals surface area contributed by atoms with Gasteiger partial charge in [-0.3, -0.25) is 4.79 Å². The van der Waals surface area contributed by atoms with Crippen LogP contribution >= 0.6 is 11.3 Å². The maximum Gasteiger partial charge on any atom is 0.273 e. The van der Waals surface area contributed by atoms with Crippen LogP contribution < -0.4 is 5.32 Å². The number of aliphatic hydroxyl groups excluding tert-OH is 1. The fourth-order valence-corrected chi connectivity index (χ4v) is 3.67. The molecule has 1 saturated heterocycles. The second-order valence-electron chi connectivity index (χ2n) is 5.88. The summed E-state index contributed by atoms with van der Waals surface area (Å²) in [5.41, 5.74) is 2.69. The fraction of sp³-hybridized carbons (Fsp3) is 0.412. The summed E-state index contributed by atoms with van der Waals surface area (Å²) in [7, 11) is 1.81. The lowest BCUT2D eigenvalue weighted by molar-refractivity contribution is 0.0782. The SMILES string of the molecule is CNc1nc(C(=O)N2CCC(Cc3cccc(CO)c3)C2)cs1. The number of aromatic nitrogens is 1. The molecule has 2 heterocycles. The van der Waals surface area contributed by atoms with E-state index in [2.05, 4.69) is 16.4 Å². The van der Waals surface area contributed by atoms with Crippen LogP contribution in [0.5, 0.6) is 0 Å². The Hall–Kier alpha value is -1.92. The zero-order chi connectivity index (χ0) is 16.2. The maximum absolute atomic E-state index is 12.5. The first-order valence-corrected chi connectivity index (χ1v) is 8.69. The molecule has 2 aromatic rings. The minimum atomic E-state index is 0.0226. The van der Waals surface area contributed by atoms with Crippen molar-refractivity contribution in [1.29, 1.82) is 0 Å². The summed E-state index contributed by atoms with van der Waals surface area (Å²) in [6, 6.07) is 8.04. The number of likely N-dealkylation sites (tertiary alicyclic amines) is 1. The Balaban J connectivity index is 1.60. The van der Waals surface area contributed by atoms with Crippen LogP contribution in [0.15, 0.2) is 29.6 Å². The molecule has 1 aromatic carbocycles. The summed E-state index contributed by atoms with van der Waals surface area (Å²) in [6.45, 7) is 1.63. The Kier molecular flexibility index (Phi) is 4.93. The molecule has 23 heavy (non-hydrogen) atoms. The van der Waals surface area contributed by atoms with Crippen molar-refractivity contribution in [1.82, 2.24) is 9.88 Å². The molecule has 0 saturated carbocycles. The molecule has 0 aliphatic carbocycles. The molecule has 3 rings (SSSR count). The van der Waals surface area contributed by atoms with Crippen molar-refractivity contribution in [2.75, 3.05) is 25.5 Å². The molecule has 1 aromatic heterocycles. The third-order valence-electron chi connectivity index (χ3n) is 4.21. The van der Waals surface area contributed by atoms with Crippen molar-refractivity contribution in [3.63, 3.8) is 0 Å². The molecule has 0 spiro atoms. The monoisotopic (exact) mass is 331 g/mol. The molecule has 1 fully saturated rings. The van der Waals surface area contributed by atoms with Crippen LogP contribution in [0.4, 0.5) is 5.13 Å². The van der Waals surface area contributed by atoms with E-state index in [1.807, 2.05) is 28.5 Å². The van der Waals surface area contributed by atoms with Crippen molar-refractivity contribution >= 4 is 22.4 Å². The topological polar surface area (TPSA) is 65.5 Å². The summed E-state index contributed by atoms with van der Waals surface area (Å²) in [5.74, 6) is 0.490. The second-order valence-corrected chi connectivity index (χ2v) is 6.73. The Bertz CT molecular complexity index is 686. The van der Waals surface area contributed by atoms with Crippen molar-refractivity contribution in [2.45, 2.75) is 19.4 Å². The number of hydrogen-bond acceptors (Lipinski definition) is 5. The lowest BCUT2D eigenvalue weighted by Gasteiger charge is -2.15. The number of nitrogens with zero attached hydrogens (tertiary/aromatic N) is 2. The standard InChI is InChI=1S/C17H21N3O2S/c1-18-17-19-15(11-23-17)16(22)20-6-5-13(9-20)7-12-3-2-4-14(8-12)10-21/h2-4,8,11,13,21H,5-7,9-10H2,1H3,(H,18,19). The van der Waals surface area contributed by atoms with E-state index in [1.165, 1.54) is 16.9 Å². The van der Waals surface area contributed by atoms with Crippen LogP contribution in [0.2, 0.25) is 0 Å². The Morgan fingerprint density at radius 2 is 2.30 bits per heavy atom. The molecule has 1 aliphatic heterocycles. The summed E-state index contributed by atoms with van der Waals surface area (Å²) >= 11 is 1.45. The predicted octanol–water partition coefficient (Wildman–Crippen LogP) is 2.38. The van der Waals surface area contributed by atoms with Gasteiger partial charge in [-0.25, -0.2) is 4.98 Å². The van der Waals surface area contributed by atoms with Crippen LogP contribution in [0.3, 0.4) is 0 Å². The number of benzene rings is 1. The third kappa shape index (κ3) is 3.71. The molecule has 122 valence electrons. The summed E-state index contributed by atoms with van der Waals surface area (Å²) in [4.78, 5) is 18.7. The Morgan fingerprint density at radius 1 is 1.48 bits per heavy atom. The van der Waals surface area contributed by atoms with Crippen molar-refractivity contribution < 1.29 is 9.90 Å². The van der Waals surface area contributed by atoms with Gasteiger partial charge >= 0.3 is 0 Å². The number of carbonyl (C=O) groups excluding carboxylic acids is 1. The van der Waals surface area contributed by atoms with Crippen molar-refractivity contribution in [3.8, 4) is 0 Å². The molecular formula is C17H21N3O2S. The van der Waals surface area contributed by atoms with E-state index in [9.17, 15) is 9.90 Å². The molecule has 0 radical (unpaired) electrons. The third-order valence-corrected chi connectivity index (χ3v) is 5.07. The van der Waals surface area contributed by atoms with Gasteiger partial charge < -0.3 is 15.3 Å². The highest BCUT2D eigenvalue weighted by Gasteiger charge is 2.28. The highest BCUT2D eigenvalue weighted by Crippen LogP contribution is 2.24. The highest BCUT2D eigenvalue weighted by atomic mass is 32.1. The van der Waals surface area contributed by atoms with Gasteiger partial charge in [-0.1, -0.05) is 24.3 Å². The van der Waals surface area contributed by atoms with Gasteiger partial charge in [0.2, 0.25) is 0 Å². The number of thiazole rings is 1. The molecule has 5 nitrogen and oxygen atoms in total. The van der Waals surface area contributed by atoms with Gasteiger partial charge in [-0.2, -0.15) is 0 Å². The fourth-order valence-electron chi connectivity index (χ4n) is 3.02. The maximum atomic E-state index is 12.5. The van der Waals surface area contributed by atoms with Crippen LogP contribution in [-0.2, 0) is 13.0 Å². The normalized spacial score (nSPS) is 17.5. The first-order valence-electron chi connectivity index (χ1n) is 7.81. The Labute approximate surface area is 140 Å². The number of anilines is 1. The minimum absolute atomic E-state index is 0.0226. The average Bonchev–Trinajstić information content (AvgIpc) is 3.23. The van der Waals surface area contributed by atoms with Crippen molar-refractivity contribution in [3.05, 3.63) is 46.5 Å². The summed E-state index contributed by atoms with van der Waals surface area (Å²) in [5, 5.41) is 14.8. The first-order chi connectivity index (χ1) is 11.2. The average molecular weight is 331 g/mol. The molecule has 1 amide bonds. The van der Waals surface area contributed by atoms with Crippen LogP contribution in [0, 0.1) is 5.92 Å². The number of rotatable bonds is 5. The molecule has 0 bridgehead atoms. The van der Waals surface area contributed by atoms with E-state index in [4.69, 9.17) is 0 Å². The van der Waals surface area contributed by atoms with E-state index in [0.29, 0.717) is 11.6 Å². The zero-order valence-corrected chi connectivity index (χ0v) is 14.0. The summed E-state index contributed by atoms with van der Waals surface area (Å²) in [6.07, 6.45) is 1.95. The predicted molar refractivity (Wildman–Crippen MR) is 91.7 cm³/mol.